The monoisotopic (exact) mass is 419 g/mol. The van der Waals surface area contributed by atoms with E-state index in [0.717, 1.165) is 36.9 Å². The summed E-state index contributed by atoms with van der Waals surface area (Å²) in [7, 11) is 0. The summed E-state index contributed by atoms with van der Waals surface area (Å²) in [5.74, 6) is 0.136. The van der Waals surface area contributed by atoms with Crippen LogP contribution in [0.2, 0.25) is 0 Å². The van der Waals surface area contributed by atoms with Crippen LogP contribution < -0.4 is 0 Å². The van der Waals surface area contributed by atoms with Crippen LogP contribution in [0, 0.1) is 6.92 Å². The Hall–Kier alpha value is -3.48. The van der Waals surface area contributed by atoms with E-state index in [4.69, 9.17) is 9.15 Å². The molecule has 2 heterocycles. The van der Waals surface area contributed by atoms with Crippen molar-refractivity contribution in [3.8, 4) is 22.9 Å². The maximum absolute atomic E-state index is 12.3. The second-order valence-electron chi connectivity index (χ2n) is 7.81. The molecule has 0 spiro atoms. The first-order chi connectivity index (χ1) is 15.0. The molecule has 0 radical (unpaired) electrons. The average Bonchev–Trinajstić information content (AvgIpc) is 3.28. The van der Waals surface area contributed by atoms with E-state index in [1.165, 1.54) is 0 Å². The van der Waals surface area contributed by atoms with E-state index in [9.17, 15) is 9.59 Å². The molecule has 7 heteroatoms. The van der Waals surface area contributed by atoms with Crippen molar-refractivity contribution in [2.45, 2.75) is 39.2 Å². The predicted molar refractivity (Wildman–Crippen MR) is 115 cm³/mol. The zero-order valence-corrected chi connectivity index (χ0v) is 17.7. The number of hydrogen-bond acceptors (Lipinski definition) is 6. The van der Waals surface area contributed by atoms with Gasteiger partial charge in [-0.05, 0) is 69.0 Å². The topological polar surface area (TPSA) is 85.5 Å². The van der Waals surface area contributed by atoms with Crippen molar-refractivity contribution in [3.63, 3.8) is 0 Å². The summed E-state index contributed by atoms with van der Waals surface area (Å²) >= 11 is 0. The number of hydrogen-bond donors (Lipinski definition) is 0. The van der Waals surface area contributed by atoms with Gasteiger partial charge >= 0.3 is 5.97 Å². The van der Waals surface area contributed by atoms with Crippen molar-refractivity contribution in [1.29, 1.82) is 0 Å². The highest BCUT2D eigenvalue weighted by Crippen LogP contribution is 2.26. The SMILES string of the molecule is Cc1ccccc1-c1nnc(-c2ccc(C(=O)OCC(=O)N3CCCCC3C)cc2)o1. The Balaban J connectivity index is 1.38. The van der Waals surface area contributed by atoms with Crippen LogP contribution in [0.15, 0.2) is 52.9 Å². The lowest BCUT2D eigenvalue weighted by molar-refractivity contribution is -0.137. The number of carbonyl (C=O) groups is 2. The molecule has 1 fully saturated rings. The normalized spacial score (nSPS) is 16.2. The first-order valence-corrected chi connectivity index (χ1v) is 10.5. The number of aromatic nitrogens is 2. The van der Waals surface area contributed by atoms with Gasteiger partial charge in [-0.3, -0.25) is 4.79 Å². The summed E-state index contributed by atoms with van der Waals surface area (Å²) in [5, 5.41) is 8.24. The second-order valence-corrected chi connectivity index (χ2v) is 7.81. The van der Waals surface area contributed by atoms with Gasteiger partial charge in [-0.15, -0.1) is 10.2 Å². The predicted octanol–water partition coefficient (Wildman–Crippen LogP) is 4.27. The van der Waals surface area contributed by atoms with Crippen LogP contribution >= 0.6 is 0 Å². The Kier molecular flexibility index (Phi) is 6.11. The van der Waals surface area contributed by atoms with E-state index < -0.39 is 5.97 Å². The third kappa shape index (κ3) is 4.66. The Labute approximate surface area is 181 Å². The molecule has 1 aliphatic heterocycles. The van der Waals surface area contributed by atoms with Crippen molar-refractivity contribution in [2.75, 3.05) is 13.2 Å². The van der Waals surface area contributed by atoms with Gasteiger partial charge in [-0.25, -0.2) is 4.79 Å². The van der Waals surface area contributed by atoms with Crippen LogP contribution in [0.25, 0.3) is 22.9 Å². The maximum atomic E-state index is 12.3. The van der Waals surface area contributed by atoms with Gasteiger partial charge in [0, 0.05) is 23.7 Å². The highest BCUT2D eigenvalue weighted by Gasteiger charge is 2.24. The van der Waals surface area contributed by atoms with Crippen LogP contribution in [0.3, 0.4) is 0 Å². The number of piperidine rings is 1. The summed E-state index contributed by atoms with van der Waals surface area (Å²) in [4.78, 5) is 26.5. The third-order valence-corrected chi connectivity index (χ3v) is 5.62. The van der Waals surface area contributed by atoms with Gasteiger partial charge in [0.1, 0.15) is 0 Å². The molecule has 0 saturated carbocycles. The van der Waals surface area contributed by atoms with E-state index in [-0.39, 0.29) is 18.6 Å². The third-order valence-electron chi connectivity index (χ3n) is 5.62. The number of carbonyl (C=O) groups excluding carboxylic acids is 2. The Morgan fingerprint density at radius 1 is 1.06 bits per heavy atom. The Morgan fingerprint density at radius 2 is 1.81 bits per heavy atom. The molecule has 0 aliphatic carbocycles. The number of ether oxygens (including phenoxy) is 1. The van der Waals surface area contributed by atoms with Gasteiger partial charge in [0.15, 0.2) is 6.61 Å². The largest absolute Gasteiger partial charge is 0.452 e. The standard InChI is InChI=1S/C24H25N3O4/c1-16-7-3-4-9-20(16)23-26-25-22(31-23)18-10-12-19(13-11-18)24(29)30-15-21(28)27-14-6-5-8-17(27)2/h3-4,7,9-13,17H,5-6,8,14-15H2,1-2H3. The van der Waals surface area contributed by atoms with Gasteiger partial charge in [0.2, 0.25) is 11.8 Å². The van der Waals surface area contributed by atoms with Crippen LogP contribution in [-0.4, -0.2) is 46.2 Å². The fraction of sp³-hybridized carbons (Fsp3) is 0.333. The molecule has 1 aliphatic rings. The van der Waals surface area contributed by atoms with Gasteiger partial charge in [0.25, 0.3) is 5.91 Å². The minimum atomic E-state index is -0.532. The van der Waals surface area contributed by atoms with E-state index in [0.29, 0.717) is 22.9 Å². The summed E-state index contributed by atoms with van der Waals surface area (Å²) in [6, 6.07) is 14.7. The number of rotatable bonds is 5. The van der Waals surface area contributed by atoms with Crippen LogP contribution in [0.1, 0.15) is 42.1 Å². The number of aryl methyl sites for hydroxylation is 1. The van der Waals surface area contributed by atoms with Crippen molar-refractivity contribution >= 4 is 11.9 Å². The summed E-state index contributed by atoms with van der Waals surface area (Å²) in [6.45, 7) is 4.49. The molecule has 1 amide bonds. The fourth-order valence-electron chi connectivity index (χ4n) is 3.77. The quantitative estimate of drug-likeness (QED) is 0.574. The maximum Gasteiger partial charge on any atom is 0.338 e. The van der Waals surface area contributed by atoms with Crippen molar-refractivity contribution in [1.82, 2.24) is 15.1 Å². The first-order valence-electron chi connectivity index (χ1n) is 10.5. The molecular formula is C24H25N3O4. The van der Waals surface area contributed by atoms with Gasteiger partial charge in [-0.2, -0.15) is 0 Å². The Morgan fingerprint density at radius 3 is 2.55 bits per heavy atom. The molecule has 31 heavy (non-hydrogen) atoms. The van der Waals surface area contributed by atoms with Crippen LogP contribution in [-0.2, 0) is 9.53 Å². The number of likely N-dealkylation sites (tertiary alicyclic amines) is 1. The molecule has 1 unspecified atom stereocenters. The molecule has 1 saturated heterocycles. The second kappa shape index (κ2) is 9.12. The van der Waals surface area contributed by atoms with Gasteiger partial charge in [0.05, 0.1) is 5.56 Å². The van der Waals surface area contributed by atoms with E-state index >= 15 is 0 Å². The number of nitrogens with zero attached hydrogens (tertiary/aromatic N) is 3. The number of esters is 1. The molecule has 4 rings (SSSR count). The molecule has 2 aromatic carbocycles. The highest BCUT2D eigenvalue weighted by molar-refractivity contribution is 5.91. The van der Waals surface area contributed by atoms with E-state index in [2.05, 4.69) is 10.2 Å². The molecule has 3 aromatic rings. The van der Waals surface area contributed by atoms with Crippen molar-refractivity contribution in [2.24, 2.45) is 0 Å². The van der Waals surface area contributed by atoms with Crippen LogP contribution in [0.5, 0.6) is 0 Å². The van der Waals surface area contributed by atoms with Crippen LogP contribution in [0.4, 0.5) is 0 Å². The van der Waals surface area contributed by atoms with Crippen molar-refractivity contribution in [3.05, 3.63) is 59.7 Å². The molecular weight excluding hydrogens is 394 g/mol. The highest BCUT2D eigenvalue weighted by atomic mass is 16.5. The Bertz CT molecular complexity index is 1070. The zero-order chi connectivity index (χ0) is 21.8. The molecule has 1 atom stereocenters. The summed E-state index contributed by atoms with van der Waals surface area (Å²) in [5.41, 5.74) is 2.99. The summed E-state index contributed by atoms with van der Waals surface area (Å²) < 4.78 is 11.0. The minimum absolute atomic E-state index is 0.147. The smallest absolute Gasteiger partial charge is 0.338 e. The lowest BCUT2D eigenvalue weighted by atomic mass is 10.0. The molecule has 0 bridgehead atoms. The van der Waals surface area contributed by atoms with E-state index in [1.54, 1.807) is 29.2 Å². The minimum Gasteiger partial charge on any atom is -0.452 e. The average molecular weight is 419 g/mol. The van der Waals surface area contributed by atoms with Gasteiger partial charge in [-0.1, -0.05) is 18.2 Å². The first kappa shape index (κ1) is 20.8. The molecule has 0 N–H and O–H groups in total. The molecule has 160 valence electrons. The number of amides is 1. The van der Waals surface area contributed by atoms with E-state index in [1.807, 2.05) is 38.1 Å². The molecule has 1 aromatic heterocycles. The van der Waals surface area contributed by atoms with Gasteiger partial charge < -0.3 is 14.1 Å². The fourth-order valence-corrected chi connectivity index (χ4v) is 3.77. The lowest BCUT2D eigenvalue weighted by Gasteiger charge is -2.33. The molecule has 7 nitrogen and oxygen atoms in total. The number of benzene rings is 2. The summed E-state index contributed by atoms with van der Waals surface area (Å²) in [6.07, 6.45) is 3.11. The zero-order valence-electron chi connectivity index (χ0n) is 17.7. The lowest BCUT2D eigenvalue weighted by Crippen LogP contribution is -2.44. The van der Waals surface area contributed by atoms with Crippen molar-refractivity contribution < 1.29 is 18.7 Å².